The summed E-state index contributed by atoms with van der Waals surface area (Å²) in [7, 11) is -0.821. The van der Waals surface area contributed by atoms with Crippen molar-refractivity contribution >= 4 is 27.4 Å². The van der Waals surface area contributed by atoms with Crippen LogP contribution in [0.4, 0.5) is 11.5 Å². The molecule has 0 saturated carbocycles. The molecule has 0 aliphatic carbocycles. The Hall–Kier alpha value is -3.17. The van der Waals surface area contributed by atoms with Gasteiger partial charge in [0, 0.05) is 26.3 Å². The van der Waals surface area contributed by atoms with Crippen LogP contribution >= 0.6 is 0 Å². The molecule has 1 N–H and O–H groups in total. The zero-order valence-corrected chi connectivity index (χ0v) is 21.5. The molecular formula is C26H33N5O3S. The predicted octanol–water partition coefficient (Wildman–Crippen LogP) is 4.04. The minimum Gasteiger partial charge on any atom is -0.322 e. The minimum absolute atomic E-state index is 0.150. The van der Waals surface area contributed by atoms with Gasteiger partial charge in [-0.15, -0.1) is 0 Å². The zero-order valence-electron chi connectivity index (χ0n) is 20.7. The number of aryl methyl sites for hydroxylation is 2. The number of aromatic nitrogens is 2. The van der Waals surface area contributed by atoms with Crippen LogP contribution in [-0.4, -0.2) is 49.1 Å². The summed E-state index contributed by atoms with van der Waals surface area (Å²) in [5, 5.41) is 7.03. The smallest absolute Gasteiger partial charge is 0.265 e. The van der Waals surface area contributed by atoms with E-state index in [2.05, 4.69) is 22.2 Å². The van der Waals surface area contributed by atoms with E-state index < -0.39 is 15.9 Å². The van der Waals surface area contributed by atoms with Crippen LogP contribution in [0.5, 0.6) is 0 Å². The van der Waals surface area contributed by atoms with Crippen molar-refractivity contribution in [3.8, 4) is 0 Å². The molecule has 0 spiro atoms. The van der Waals surface area contributed by atoms with E-state index in [1.54, 1.807) is 31.3 Å². The number of anilines is 2. The molecule has 4 rings (SSSR count). The quantitative estimate of drug-likeness (QED) is 0.535. The number of nitrogens with one attached hydrogen (secondary N) is 1. The lowest BCUT2D eigenvalue weighted by molar-refractivity contribution is 0.102. The van der Waals surface area contributed by atoms with Gasteiger partial charge in [-0.1, -0.05) is 36.8 Å². The Kier molecular flexibility index (Phi) is 7.28. The molecule has 0 unspecified atom stereocenters. The molecule has 1 aliphatic heterocycles. The molecular weight excluding hydrogens is 462 g/mol. The van der Waals surface area contributed by atoms with Gasteiger partial charge in [0.1, 0.15) is 5.56 Å². The number of carbonyl (C=O) groups excluding carboxylic acids is 1. The van der Waals surface area contributed by atoms with Crippen LogP contribution in [0.1, 0.15) is 41.3 Å². The maximum absolute atomic E-state index is 13.2. The Balaban J connectivity index is 1.47. The summed E-state index contributed by atoms with van der Waals surface area (Å²) in [6, 6.07) is 14.4. The van der Waals surface area contributed by atoms with Gasteiger partial charge in [0.15, 0.2) is 5.82 Å². The van der Waals surface area contributed by atoms with Gasteiger partial charge in [0.25, 0.3) is 15.9 Å². The summed E-state index contributed by atoms with van der Waals surface area (Å²) in [4.78, 5) is 15.7. The third-order valence-electron chi connectivity index (χ3n) is 6.62. The third-order valence-corrected chi connectivity index (χ3v) is 8.39. The van der Waals surface area contributed by atoms with Gasteiger partial charge in [-0.25, -0.2) is 8.42 Å². The van der Waals surface area contributed by atoms with E-state index in [0.717, 1.165) is 35.4 Å². The van der Waals surface area contributed by atoms with Crippen molar-refractivity contribution in [1.29, 1.82) is 0 Å². The second-order valence-corrected chi connectivity index (χ2v) is 11.4. The summed E-state index contributed by atoms with van der Waals surface area (Å²) in [6.45, 7) is 7.32. The van der Waals surface area contributed by atoms with Crippen LogP contribution in [0.25, 0.3) is 0 Å². The van der Waals surface area contributed by atoms with Gasteiger partial charge in [-0.2, -0.15) is 5.10 Å². The zero-order chi connectivity index (χ0) is 25.2. The van der Waals surface area contributed by atoms with Gasteiger partial charge < -0.3 is 5.32 Å². The van der Waals surface area contributed by atoms with Crippen LogP contribution in [0.15, 0.2) is 59.6 Å². The predicted molar refractivity (Wildman–Crippen MR) is 138 cm³/mol. The van der Waals surface area contributed by atoms with Crippen LogP contribution < -0.4 is 9.62 Å². The molecule has 1 aromatic heterocycles. The van der Waals surface area contributed by atoms with Crippen LogP contribution in [0.2, 0.25) is 0 Å². The number of piperidine rings is 1. The van der Waals surface area contributed by atoms with Crippen LogP contribution in [0.3, 0.4) is 0 Å². The molecule has 2 heterocycles. The molecule has 186 valence electrons. The summed E-state index contributed by atoms with van der Waals surface area (Å²) in [5.74, 6) is 0.572. The van der Waals surface area contributed by atoms with E-state index in [0.29, 0.717) is 5.69 Å². The Bertz CT molecular complexity index is 1280. The number of hydrogen-bond acceptors (Lipinski definition) is 5. The average molecular weight is 496 g/mol. The Morgan fingerprint density at radius 2 is 1.71 bits per heavy atom. The lowest BCUT2D eigenvalue weighted by Crippen LogP contribution is -2.32. The lowest BCUT2D eigenvalue weighted by atomic mass is 9.99. The highest BCUT2D eigenvalue weighted by atomic mass is 32.2. The number of rotatable bonds is 7. The fourth-order valence-electron chi connectivity index (χ4n) is 4.32. The van der Waals surface area contributed by atoms with Gasteiger partial charge in [-0.3, -0.25) is 18.7 Å². The van der Waals surface area contributed by atoms with Crippen molar-refractivity contribution in [3.63, 3.8) is 0 Å². The first-order chi connectivity index (χ1) is 16.6. The highest BCUT2D eigenvalue weighted by Gasteiger charge is 2.28. The van der Waals surface area contributed by atoms with E-state index >= 15 is 0 Å². The van der Waals surface area contributed by atoms with Crippen molar-refractivity contribution in [2.45, 2.75) is 38.1 Å². The number of hydrogen-bond donors (Lipinski definition) is 1. The SMILES string of the molecule is Cc1ccc(S(=O)(=O)N(C)c2c(C(=O)Nc3ccc(CN4CCC(C)CC4)cc3)cnn2C)cc1. The molecule has 1 aliphatic rings. The molecule has 3 aromatic rings. The van der Waals surface area contributed by atoms with E-state index in [4.69, 9.17) is 0 Å². The Morgan fingerprint density at radius 3 is 2.34 bits per heavy atom. The molecule has 2 aromatic carbocycles. The van der Waals surface area contributed by atoms with E-state index in [9.17, 15) is 13.2 Å². The highest BCUT2D eigenvalue weighted by molar-refractivity contribution is 7.92. The van der Waals surface area contributed by atoms with E-state index in [-0.39, 0.29) is 16.3 Å². The monoisotopic (exact) mass is 495 g/mol. The van der Waals surface area contributed by atoms with Crippen molar-refractivity contribution in [2.75, 3.05) is 29.8 Å². The number of carbonyl (C=O) groups is 1. The second-order valence-electron chi connectivity index (χ2n) is 9.40. The molecule has 9 heteroatoms. The molecule has 0 radical (unpaired) electrons. The van der Waals surface area contributed by atoms with Gasteiger partial charge >= 0.3 is 0 Å². The fraction of sp³-hybridized carbons (Fsp3) is 0.385. The second kappa shape index (κ2) is 10.2. The number of benzene rings is 2. The average Bonchev–Trinajstić information content (AvgIpc) is 3.23. The van der Waals surface area contributed by atoms with E-state index in [1.165, 1.54) is 36.3 Å². The number of nitrogens with zero attached hydrogens (tertiary/aromatic N) is 4. The largest absolute Gasteiger partial charge is 0.322 e. The van der Waals surface area contributed by atoms with Crippen molar-refractivity contribution in [2.24, 2.45) is 13.0 Å². The maximum atomic E-state index is 13.2. The summed E-state index contributed by atoms with van der Waals surface area (Å²) >= 11 is 0. The molecule has 8 nitrogen and oxygen atoms in total. The standard InChI is InChI=1S/C26H33N5O3S/c1-19-5-11-23(12-6-19)35(33,34)30(4)26-24(17-27-29(26)3)25(32)28-22-9-7-21(8-10-22)18-31-15-13-20(2)14-16-31/h5-12,17,20H,13-16,18H2,1-4H3,(H,28,32). The van der Waals surface area contributed by atoms with Crippen molar-refractivity contribution < 1.29 is 13.2 Å². The van der Waals surface area contributed by atoms with E-state index in [1.807, 2.05) is 31.2 Å². The summed E-state index contributed by atoms with van der Waals surface area (Å²) in [6.07, 6.45) is 3.85. The number of sulfonamides is 1. The topological polar surface area (TPSA) is 87.5 Å². The maximum Gasteiger partial charge on any atom is 0.265 e. The highest BCUT2D eigenvalue weighted by Crippen LogP contribution is 2.26. The first-order valence-electron chi connectivity index (χ1n) is 11.9. The molecule has 0 bridgehead atoms. The first kappa shape index (κ1) is 24.9. The first-order valence-corrected chi connectivity index (χ1v) is 13.3. The Morgan fingerprint density at radius 1 is 1.09 bits per heavy atom. The van der Waals surface area contributed by atoms with Gasteiger partial charge in [-0.05, 0) is 68.6 Å². The van der Waals surface area contributed by atoms with Crippen molar-refractivity contribution in [3.05, 3.63) is 71.4 Å². The van der Waals surface area contributed by atoms with Crippen molar-refractivity contribution in [1.82, 2.24) is 14.7 Å². The Labute approximate surface area is 207 Å². The molecule has 1 amide bonds. The van der Waals surface area contributed by atoms with Gasteiger partial charge in [0.05, 0.1) is 11.1 Å². The van der Waals surface area contributed by atoms with Crippen LogP contribution in [-0.2, 0) is 23.6 Å². The van der Waals surface area contributed by atoms with Gasteiger partial charge in [0.2, 0.25) is 0 Å². The lowest BCUT2D eigenvalue weighted by Gasteiger charge is -2.30. The minimum atomic E-state index is -3.87. The van der Waals surface area contributed by atoms with Crippen LogP contribution in [0, 0.1) is 12.8 Å². The molecule has 1 saturated heterocycles. The third kappa shape index (κ3) is 5.57. The number of likely N-dealkylation sites (tertiary alicyclic amines) is 1. The summed E-state index contributed by atoms with van der Waals surface area (Å²) in [5.41, 5.74) is 2.98. The molecule has 1 fully saturated rings. The summed E-state index contributed by atoms with van der Waals surface area (Å²) < 4.78 is 28.9. The molecule has 0 atom stereocenters. The number of amides is 1. The normalized spacial score (nSPS) is 15.2. The molecule has 35 heavy (non-hydrogen) atoms. The fourth-order valence-corrected chi connectivity index (χ4v) is 5.56.